The molecule has 0 heterocycles. The quantitative estimate of drug-likeness (QED) is 0.341. The summed E-state index contributed by atoms with van der Waals surface area (Å²) in [4.78, 5) is 28.1. The molecule has 0 fully saturated rings. The zero-order chi connectivity index (χ0) is 29.5. The van der Waals surface area contributed by atoms with Gasteiger partial charge in [-0.3, -0.25) is 13.9 Å². The fourth-order valence-corrected chi connectivity index (χ4v) is 5.01. The van der Waals surface area contributed by atoms with E-state index in [1.54, 1.807) is 55.5 Å². The largest absolute Gasteiger partial charge is 0.489 e. The van der Waals surface area contributed by atoms with Gasteiger partial charge in [0.15, 0.2) is 0 Å². The minimum Gasteiger partial charge on any atom is -0.489 e. The molecule has 10 heteroatoms. The van der Waals surface area contributed by atoms with Crippen molar-refractivity contribution in [2.75, 3.05) is 17.1 Å². The van der Waals surface area contributed by atoms with E-state index >= 15 is 0 Å². The first kappa shape index (κ1) is 31.0. The second-order valence-electron chi connectivity index (χ2n) is 10.6. The molecule has 3 aromatic carbocycles. The van der Waals surface area contributed by atoms with Crippen LogP contribution >= 0.6 is 11.6 Å². The number of ether oxygens (including phenoxy) is 1. The van der Waals surface area contributed by atoms with Gasteiger partial charge in [-0.1, -0.05) is 54.1 Å². The highest BCUT2D eigenvalue weighted by molar-refractivity contribution is 7.92. The smallest absolute Gasteiger partial charge is 0.244 e. The molecule has 0 aliphatic rings. The molecule has 3 rings (SSSR count). The molecule has 3 aromatic rings. The van der Waals surface area contributed by atoms with Gasteiger partial charge in [0.2, 0.25) is 21.8 Å². The summed E-state index contributed by atoms with van der Waals surface area (Å²) in [6, 6.07) is 22.3. The molecule has 0 bridgehead atoms. The fraction of sp³-hybridized carbons (Fsp3) is 0.333. The van der Waals surface area contributed by atoms with Gasteiger partial charge in [-0.25, -0.2) is 8.42 Å². The summed E-state index contributed by atoms with van der Waals surface area (Å²) >= 11 is 6.15. The van der Waals surface area contributed by atoms with Crippen LogP contribution in [0.5, 0.6) is 5.75 Å². The fourth-order valence-electron chi connectivity index (χ4n) is 3.95. The van der Waals surface area contributed by atoms with Crippen molar-refractivity contribution in [3.8, 4) is 5.75 Å². The third-order valence-corrected chi connectivity index (χ3v) is 7.34. The van der Waals surface area contributed by atoms with E-state index in [0.717, 1.165) is 16.1 Å². The Morgan fingerprint density at radius 3 is 2.15 bits per heavy atom. The Morgan fingerprint density at radius 1 is 0.950 bits per heavy atom. The van der Waals surface area contributed by atoms with E-state index in [0.29, 0.717) is 28.6 Å². The zero-order valence-corrected chi connectivity index (χ0v) is 25.0. The minimum absolute atomic E-state index is 0.0714. The van der Waals surface area contributed by atoms with Gasteiger partial charge in [-0.05, 0) is 75.2 Å². The van der Waals surface area contributed by atoms with Crippen molar-refractivity contribution >= 4 is 39.1 Å². The Labute approximate surface area is 241 Å². The molecule has 0 aliphatic heterocycles. The number of rotatable bonds is 11. The van der Waals surface area contributed by atoms with E-state index in [4.69, 9.17) is 16.3 Å². The molecule has 0 unspecified atom stereocenters. The van der Waals surface area contributed by atoms with Gasteiger partial charge in [0.25, 0.3) is 0 Å². The van der Waals surface area contributed by atoms with Gasteiger partial charge in [-0.2, -0.15) is 0 Å². The lowest BCUT2D eigenvalue weighted by Gasteiger charge is -2.33. The van der Waals surface area contributed by atoms with E-state index < -0.39 is 34.1 Å². The molecular formula is C30H36ClN3O5S. The second-order valence-corrected chi connectivity index (χ2v) is 12.9. The summed E-state index contributed by atoms with van der Waals surface area (Å²) in [5.41, 5.74) is 1.50. The molecule has 0 spiro atoms. The number of nitrogens with zero attached hydrogens (tertiary/aromatic N) is 2. The van der Waals surface area contributed by atoms with Crippen LogP contribution < -0.4 is 14.4 Å². The molecule has 0 aliphatic carbocycles. The van der Waals surface area contributed by atoms with Crippen LogP contribution in [0.25, 0.3) is 0 Å². The van der Waals surface area contributed by atoms with E-state index in [-0.39, 0.29) is 12.5 Å². The van der Waals surface area contributed by atoms with Crippen molar-refractivity contribution in [1.82, 2.24) is 10.2 Å². The Kier molecular flexibility index (Phi) is 10.2. The van der Waals surface area contributed by atoms with Crippen molar-refractivity contribution in [1.29, 1.82) is 0 Å². The zero-order valence-electron chi connectivity index (χ0n) is 23.4. The van der Waals surface area contributed by atoms with E-state index in [1.807, 2.05) is 51.1 Å². The summed E-state index contributed by atoms with van der Waals surface area (Å²) < 4.78 is 32.4. The molecule has 8 nitrogen and oxygen atoms in total. The van der Waals surface area contributed by atoms with Crippen LogP contribution in [0.2, 0.25) is 5.02 Å². The van der Waals surface area contributed by atoms with Gasteiger partial charge < -0.3 is 15.0 Å². The highest BCUT2D eigenvalue weighted by Crippen LogP contribution is 2.23. The third-order valence-electron chi connectivity index (χ3n) is 5.96. The van der Waals surface area contributed by atoms with Crippen molar-refractivity contribution in [2.45, 2.75) is 52.4 Å². The summed E-state index contributed by atoms with van der Waals surface area (Å²) in [7, 11) is -3.85. The van der Waals surface area contributed by atoms with Crippen LogP contribution in [-0.2, 0) is 32.8 Å². The Morgan fingerprint density at radius 2 is 1.57 bits per heavy atom. The lowest BCUT2D eigenvalue weighted by atomic mass is 10.1. The van der Waals surface area contributed by atoms with E-state index in [9.17, 15) is 18.0 Å². The number of nitrogens with one attached hydrogen (secondary N) is 1. The van der Waals surface area contributed by atoms with Gasteiger partial charge >= 0.3 is 0 Å². The summed E-state index contributed by atoms with van der Waals surface area (Å²) in [5, 5.41) is 3.38. The highest BCUT2D eigenvalue weighted by Gasteiger charge is 2.31. The van der Waals surface area contributed by atoms with Crippen molar-refractivity contribution in [3.63, 3.8) is 0 Å². The number of halogens is 1. The van der Waals surface area contributed by atoms with E-state index in [1.165, 1.54) is 4.90 Å². The number of anilines is 1. The van der Waals surface area contributed by atoms with Crippen LogP contribution in [-0.4, -0.2) is 49.5 Å². The van der Waals surface area contributed by atoms with Crippen LogP contribution in [0, 0.1) is 0 Å². The van der Waals surface area contributed by atoms with Crippen LogP contribution in [0.15, 0.2) is 78.9 Å². The van der Waals surface area contributed by atoms with Gasteiger partial charge in [0.1, 0.15) is 24.9 Å². The van der Waals surface area contributed by atoms with Crippen LogP contribution in [0.4, 0.5) is 5.69 Å². The van der Waals surface area contributed by atoms with Crippen molar-refractivity contribution in [3.05, 3.63) is 95.0 Å². The molecule has 0 aromatic heterocycles. The first-order valence-electron chi connectivity index (χ1n) is 12.8. The van der Waals surface area contributed by atoms with Crippen molar-refractivity contribution < 1.29 is 22.7 Å². The average Bonchev–Trinajstić information content (AvgIpc) is 2.88. The third kappa shape index (κ3) is 9.27. The Bertz CT molecular complexity index is 1410. The summed E-state index contributed by atoms with van der Waals surface area (Å²) in [6.07, 6.45) is 1.04. The molecule has 214 valence electrons. The second kappa shape index (κ2) is 13.2. The van der Waals surface area contributed by atoms with Gasteiger partial charge in [0, 0.05) is 17.1 Å². The molecule has 0 saturated heterocycles. The lowest BCUT2D eigenvalue weighted by Crippen LogP contribution is -2.54. The van der Waals surface area contributed by atoms with Crippen LogP contribution in [0.1, 0.15) is 38.8 Å². The first-order valence-corrected chi connectivity index (χ1v) is 15.1. The molecule has 0 saturated carbocycles. The molecule has 2 amide bonds. The van der Waals surface area contributed by atoms with Crippen LogP contribution in [0.3, 0.4) is 0 Å². The maximum Gasteiger partial charge on any atom is 0.244 e. The topological polar surface area (TPSA) is 96.0 Å². The monoisotopic (exact) mass is 585 g/mol. The first-order chi connectivity index (χ1) is 18.7. The Balaban J connectivity index is 1.83. The number of benzene rings is 3. The molecule has 40 heavy (non-hydrogen) atoms. The standard InChI is InChI=1S/C30H36ClN3O5S/c1-22(29(36)32-30(2,3)4)33(19-24-12-9-13-25(31)18-24)28(35)20-34(40(5,37)38)26-14-16-27(17-15-26)39-21-23-10-7-6-8-11-23/h6-18,22H,19-21H2,1-5H3,(H,32,36)/t22-/m0/s1. The lowest BCUT2D eigenvalue weighted by molar-refractivity contribution is -0.140. The number of hydrogen-bond donors (Lipinski definition) is 1. The Hall–Kier alpha value is -3.56. The highest BCUT2D eigenvalue weighted by atomic mass is 35.5. The van der Waals surface area contributed by atoms with Gasteiger partial charge in [-0.15, -0.1) is 0 Å². The molecule has 0 radical (unpaired) electrons. The van der Waals surface area contributed by atoms with E-state index in [2.05, 4.69) is 5.32 Å². The predicted octanol–water partition coefficient (Wildman–Crippen LogP) is 5.02. The molecule has 1 atom stereocenters. The molecule has 1 N–H and O–H groups in total. The number of sulfonamides is 1. The van der Waals surface area contributed by atoms with Gasteiger partial charge in [0.05, 0.1) is 11.9 Å². The maximum absolute atomic E-state index is 13.7. The maximum atomic E-state index is 13.7. The minimum atomic E-state index is -3.85. The number of carbonyl (C=O) groups excluding carboxylic acids is 2. The van der Waals surface area contributed by atoms with Crippen molar-refractivity contribution in [2.24, 2.45) is 0 Å². The normalized spacial score (nSPS) is 12.3. The summed E-state index contributed by atoms with van der Waals surface area (Å²) in [5.74, 6) is -0.331. The SMILES string of the molecule is C[C@@H](C(=O)NC(C)(C)C)N(Cc1cccc(Cl)c1)C(=O)CN(c1ccc(OCc2ccccc2)cc1)S(C)(=O)=O. The average molecular weight is 586 g/mol. The predicted molar refractivity (Wildman–Crippen MR) is 159 cm³/mol. The number of amides is 2. The number of carbonyl (C=O) groups is 2. The number of hydrogen-bond acceptors (Lipinski definition) is 5. The molecular weight excluding hydrogens is 550 g/mol. The summed E-state index contributed by atoms with van der Waals surface area (Å²) in [6.45, 7) is 7.10.